The van der Waals surface area contributed by atoms with Crippen molar-refractivity contribution in [1.29, 1.82) is 0 Å². The molecule has 1 saturated heterocycles. The highest BCUT2D eigenvalue weighted by Crippen LogP contribution is 2.35. The number of amides is 4. The topological polar surface area (TPSA) is 135 Å². The largest absolute Gasteiger partial charge is 0.497 e. The molecule has 0 bridgehead atoms. The molecule has 1 fully saturated rings. The lowest BCUT2D eigenvalue weighted by Crippen LogP contribution is -2.52. The number of carbonyl (C=O) groups is 3. The van der Waals surface area contributed by atoms with Crippen molar-refractivity contribution < 1.29 is 28.4 Å². The lowest BCUT2D eigenvalue weighted by molar-refractivity contribution is -0.125. The fraction of sp³-hybridized carbons (Fsp3) is 0.280. The number of pyridine rings is 1. The van der Waals surface area contributed by atoms with Crippen LogP contribution in [0.15, 0.2) is 46.6 Å². The van der Waals surface area contributed by atoms with Gasteiger partial charge in [0, 0.05) is 23.7 Å². The number of carbonyl (C=O) groups excluding carboxylic acids is 3. The number of hydroxylamine groups is 1. The number of imide groups is 1. The lowest BCUT2D eigenvalue weighted by atomic mass is 9.95. The first-order valence-corrected chi connectivity index (χ1v) is 11.4. The molecule has 11 heteroatoms. The van der Waals surface area contributed by atoms with E-state index in [0.29, 0.717) is 28.1 Å². The summed E-state index contributed by atoms with van der Waals surface area (Å²) < 4.78 is 11.3. The van der Waals surface area contributed by atoms with Gasteiger partial charge in [-0.3, -0.25) is 14.9 Å². The highest BCUT2D eigenvalue weighted by Gasteiger charge is 2.53. The number of ether oxygens (including phenoxy) is 1. The maximum atomic E-state index is 13.2. The zero-order valence-corrected chi connectivity index (χ0v) is 19.8. The van der Waals surface area contributed by atoms with E-state index in [1.165, 1.54) is 12.0 Å². The third-order valence-corrected chi connectivity index (χ3v) is 6.84. The number of fused-ring (bicyclic) bond motifs is 2. The predicted octanol–water partition coefficient (Wildman–Crippen LogP) is 2.18. The summed E-state index contributed by atoms with van der Waals surface area (Å²) in [6.07, 6.45) is 0. The number of rotatable bonds is 5. The Bertz CT molecular complexity index is 1490. The van der Waals surface area contributed by atoms with E-state index in [9.17, 15) is 14.4 Å². The zero-order valence-electron chi connectivity index (χ0n) is 19.8. The molecule has 0 saturated carbocycles. The number of hydrogen-bond donors (Lipinski definition) is 3. The van der Waals surface area contributed by atoms with Gasteiger partial charge in [-0.15, -0.1) is 5.48 Å². The number of aromatic nitrogens is 1. The number of allylic oxidation sites excluding steroid dienone is 1. The number of urea groups is 1. The molecule has 36 heavy (non-hydrogen) atoms. The highest BCUT2D eigenvalue weighted by atomic mass is 16.7. The van der Waals surface area contributed by atoms with Gasteiger partial charge in [-0.25, -0.2) is 9.78 Å². The first kappa shape index (κ1) is 22.1. The SMILES string of the molecule is COc1ccc2c(c1)C(=O)N(C[C@@]1(c3cc4nc(C5=C(C)ONC5C)ccc4o3)NC(=O)NC1=O)C2. The van der Waals surface area contributed by atoms with Crippen molar-refractivity contribution in [3.8, 4) is 5.75 Å². The minimum atomic E-state index is -1.61. The van der Waals surface area contributed by atoms with E-state index >= 15 is 0 Å². The van der Waals surface area contributed by atoms with Crippen LogP contribution in [-0.2, 0) is 21.7 Å². The van der Waals surface area contributed by atoms with Crippen molar-refractivity contribution >= 4 is 34.5 Å². The molecule has 3 aliphatic heterocycles. The molecule has 0 radical (unpaired) electrons. The molecule has 1 aromatic carbocycles. The average molecular weight is 489 g/mol. The quantitative estimate of drug-likeness (QED) is 0.464. The van der Waals surface area contributed by atoms with Crippen LogP contribution in [0, 0.1) is 0 Å². The van der Waals surface area contributed by atoms with Gasteiger partial charge >= 0.3 is 6.03 Å². The molecule has 6 rings (SSSR count). The van der Waals surface area contributed by atoms with E-state index in [-0.39, 0.29) is 30.8 Å². The molecule has 184 valence electrons. The van der Waals surface area contributed by atoms with Crippen LogP contribution in [0.4, 0.5) is 4.79 Å². The Balaban J connectivity index is 1.38. The van der Waals surface area contributed by atoms with Gasteiger partial charge < -0.3 is 24.2 Å². The molecular weight excluding hydrogens is 466 g/mol. The first-order chi connectivity index (χ1) is 17.3. The molecule has 2 atom stereocenters. The minimum Gasteiger partial charge on any atom is -0.497 e. The van der Waals surface area contributed by atoms with Crippen LogP contribution >= 0.6 is 0 Å². The molecule has 5 heterocycles. The van der Waals surface area contributed by atoms with Crippen molar-refractivity contribution in [2.75, 3.05) is 13.7 Å². The fourth-order valence-electron chi connectivity index (χ4n) is 5.02. The van der Waals surface area contributed by atoms with E-state index in [1.807, 2.05) is 26.0 Å². The molecular formula is C25H23N5O6. The van der Waals surface area contributed by atoms with Crippen LogP contribution in [0.5, 0.6) is 5.75 Å². The Hall–Kier alpha value is -4.38. The van der Waals surface area contributed by atoms with E-state index in [4.69, 9.17) is 19.0 Å². The van der Waals surface area contributed by atoms with Crippen LogP contribution in [0.25, 0.3) is 16.7 Å². The third-order valence-electron chi connectivity index (χ3n) is 6.84. The molecule has 3 aromatic rings. The van der Waals surface area contributed by atoms with Gasteiger partial charge in [0.05, 0.1) is 25.4 Å². The van der Waals surface area contributed by atoms with Gasteiger partial charge in [0.1, 0.15) is 22.8 Å². The van der Waals surface area contributed by atoms with Gasteiger partial charge in [0.25, 0.3) is 11.8 Å². The molecule has 4 amide bonds. The van der Waals surface area contributed by atoms with Crippen molar-refractivity contribution in [3.05, 3.63) is 64.7 Å². The molecule has 1 unspecified atom stereocenters. The Morgan fingerprint density at radius 2 is 2.03 bits per heavy atom. The zero-order chi connectivity index (χ0) is 25.2. The van der Waals surface area contributed by atoms with Crippen molar-refractivity contribution in [2.24, 2.45) is 0 Å². The summed E-state index contributed by atoms with van der Waals surface area (Å²) in [5.74, 6) is 0.604. The summed E-state index contributed by atoms with van der Waals surface area (Å²) in [5.41, 5.74) is 5.18. The number of methoxy groups -OCH3 is 1. The van der Waals surface area contributed by atoms with Crippen LogP contribution in [0.2, 0.25) is 0 Å². The smallest absolute Gasteiger partial charge is 0.322 e. The third kappa shape index (κ3) is 3.23. The van der Waals surface area contributed by atoms with Crippen LogP contribution < -0.4 is 20.9 Å². The van der Waals surface area contributed by atoms with E-state index in [0.717, 1.165) is 16.9 Å². The Morgan fingerprint density at radius 1 is 1.19 bits per heavy atom. The number of nitrogens with zero attached hydrogens (tertiary/aromatic N) is 2. The number of furan rings is 1. The van der Waals surface area contributed by atoms with Gasteiger partial charge in [0.15, 0.2) is 11.1 Å². The maximum absolute atomic E-state index is 13.2. The van der Waals surface area contributed by atoms with Crippen LogP contribution in [-0.4, -0.2) is 47.4 Å². The maximum Gasteiger partial charge on any atom is 0.322 e. The molecule has 0 spiro atoms. The average Bonchev–Trinajstić information content (AvgIpc) is 3.59. The summed E-state index contributed by atoms with van der Waals surface area (Å²) >= 11 is 0. The summed E-state index contributed by atoms with van der Waals surface area (Å²) in [6, 6.07) is 9.76. The van der Waals surface area contributed by atoms with Crippen molar-refractivity contribution in [1.82, 2.24) is 26.0 Å². The van der Waals surface area contributed by atoms with E-state index < -0.39 is 17.5 Å². The predicted molar refractivity (Wildman–Crippen MR) is 126 cm³/mol. The van der Waals surface area contributed by atoms with Crippen molar-refractivity contribution in [2.45, 2.75) is 32.0 Å². The highest BCUT2D eigenvalue weighted by molar-refractivity contribution is 6.08. The Kier molecular flexibility index (Phi) is 4.80. The van der Waals surface area contributed by atoms with Gasteiger partial charge in [-0.05, 0) is 43.7 Å². The van der Waals surface area contributed by atoms with E-state index in [2.05, 4.69) is 16.1 Å². The van der Waals surface area contributed by atoms with Crippen LogP contribution in [0.3, 0.4) is 0 Å². The number of benzene rings is 1. The first-order valence-electron chi connectivity index (χ1n) is 11.4. The number of hydrogen-bond acceptors (Lipinski definition) is 8. The van der Waals surface area contributed by atoms with Crippen molar-refractivity contribution in [3.63, 3.8) is 0 Å². The molecule has 0 aliphatic carbocycles. The molecule has 3 N–H and O–H groups in total. The van der Waals surface area contributed by atoms with E-state index in [1.54, 1.807) is 24.3 Å². The number of nitrogens with one attached hydrogen (secondary N) is 3. The standard InChI is InChI=1S/C25H23N5O6/c1-12-21(13(2)36-29-12)17-6-7-19-18(26-17)9-20(35-19)25(23(32)27-24(33)28-25)11-30-10-14-4-5-15(34-3)8-16(14)22(30)31/h4-9,12,29H,10-11H2,1-3H3,(H2,27,28,32,33)/t12?,25-/m0/s1. The fourth-order valence-corrected chi connectivity index (χ4v) is 5.02. The minimum absolute atomic E-state index is 0.0472. The summed E-state index contributed by atoms with van der Waals surface area (Å²) in [4.78, 5) is 50.3. The normalized spacial score (nSPS) is 23.2. The lowest BCUT2D eigenvalue weighted by Gasteiger charge is -2.28. The molecule has 2 aromatic heterocycles. The molecule has 11 nitrogen and oxygen atoms in total. The Labute approximate surface area is 205 Å². The summed E-state index contributed by atoms with van der Waals surface area (Å²) in [6.45, 7) is 3.98. The van der Waals surface area contributed by atoms with Gasteiger partial charge in [0.2, 0.25) is 0 Å². The second-order valence-corrected chi connectivity index (χ2v) is 9.10. The summed E-state index contributed by atoms with van der Waals surface area (Å²) in [7, 11) is 1.53. The second-order valence-electron chi connectivity index (χ2n) is 9.10. The van der Waals surface area contributed by atoms with Gasteiger partial charge in [-0.2, -0.15) is 0 Å². The summed E-state index contributed by atoms with van der Waals surface area (Å²) in [5, 5.41) is 4.98. The monoisotopic (exact) mass is 489 g/mol. The van der Waals surface area contributed by atoms with Crippen LogP contribution in [0.1, 0.15) is 41.2 Å². The Morgan fingerprint density at radius 3 is 2.72 bits per heavy atom. The molecule has 3 aliphatic rings. The van der Waals surface area contributed by atoms with Gasteiger partial charge in [-0.1, -0.05) is 6.07 Å². The second kappa shape index (κ2) is 7.82.